The Morgan fingerprint density at radius 3 is 2.53 bits per heavy atom. The van der Waals surface area contributed by atoms with Gasteiger partial charge in [-0.3, -0.25) is 10.1 Å². The van der Waals surface area contributed by atoms with Gasteiger partial charge in [-0.05, 0) is 26.8 Å². The summed E-state index contributed by atoms with van der Waals surface area (Å²) in [6, 6.07) is 5.00. The lowest BCUT2D eigenvalue weighted by molar-refractivity contribution is -0.385. The van der Waals surface area contributed by atoms with Crippen molar-refractivity contribution in [1.82, 2.24) is 0 Å². The van der Waals surface area contributed by atoms with Crippen LogP contribution < -0.4 is 0 Å². The second-order valence-electron chi connectivity index (χ2n) is 4.05. The Balaban J connectivity index is 3.45. The van der Waals surface area contributed by atoms with Crippen LogP contribution in [-0.2, 0) is 5.41 Å². The second-order valence-corrected chi connectivity index (χ2v) is 4.05. The first kappa shape index (κ1) is 11.3. The summed E-state index contributed by atoms with van der Waals surface area (Å²) in [5, 5.41) is 10.8. The summed E-state index contributed by atoms with van der Waals surface area (Å²) in [4.78, 5) is 10.4. The highest BCUT2D eigenvalue weighted by Crippen LogP contribution is 2.31. The van der Waals surface area contributed by atoms with E-state index in [-0.39, 0.29) is 5.69 Å². The summed E-state index contributed by atoms with van der Waals surface area (Å²) >= 11 is 0. The minimum Gasteiger partial charge on any atom is -0.258 e. The van der Waals surface area contributed by atoms with Crippen molar-refractivity contribution < 1.29 is 4.92 Å². The predicted octanol–water partition coefficient (Wildman–Crippen LogP) is 2.81. The number of hydrogen-bond donors (Lipinski definition) is 0. The zero-order chi connectivity index (χ0) is 11.6. The molecule has 0 aliphatic rings. The fourth-order valence-corrected chi connectivity index (χ4v) is 1.39. The van der Waals surface area contributed by atoms with Crippen LogP contribution in [0.2, 0.25) is 0 Å². The topological polar surface area (TPSA) is 43.1 Å². The molecule has 0 amide bonds. The molecule has 0 bridgehead atoms. The minimum atomic E-state index is -0.617. The first-order valence-corrected chi connectivity index (χ1v) is 4.62. The van der Waals surface area contributed by atoms with Crippen LogP contribution in [0.1, 0.15) is 25.0 Å². The Morgan fingerprint density at radius 2 is 2.07 bits per heavy atom. The van der Waals surface area contributed by atoms with E-state index in [4.69, 9.17) is 6.42 Å². The molecular weight excluding hydrogens is 190 g/mol. The average molecular weight is 203 g/mol. The summed E-state index contributed by atoms with van der Waals surface area (Å²) in [7, 11) is 0. The first-order valence-electron chi connectivity index (χ1n) is 4.62. The van der Waals surface area contributed by atoms with Gasteiger partial charge in [0.1, 0.15) is 0 Å². The van der Waals surface area contributed by atoms with Gasteiger partial charge in [0.2, 0.25) is 0 Å². The van der Waals surface area contributed by atoms with Crippen LogP contribution in [0.4, 0.5) is 5.69 Å². The molecule has 0 atom stereocenters. The number of nitro groups is 1. The summed E-state index contributed by atoms with van der Waals surface area (Å²) in [6.07, 6.45) is 5.38. The number of hydrogen-bond acceptors (Lipinski definition) is 2. The standard InChI is InChI=1S/C12H13NO2/c1-5-12(3,4)10-8-9(2)6-7-11(10)13(14)15/h1,6-8H,2-4H3. The van der Waals surface area contributed by atoms with Crippen molar-refractivity contribution in [1.29, 1.82) is 0 Å². The normalized spacial score (nSPS) is 10.8. The molecule has 3 nitrogen and oxygen atoms in total. The number of rotatable bonds is 2. The molecule has 0 aliphatic heterocycles. The van der Waals surface area contributed by atoms with Crippen molar-refractivity contribution in [2.75, 3.05) is 0 Å². The number of aryl methyl sites for hydroxylation is 1. The largest absolute Gasteiger partial charge is 0.274 e. The highest BCUT2D eigenvalue weighted by Gasteiger charge is 2.26. The number of terminal acetylenes is 1. The molecule has 0 spiro atoms. The zero-order valence-electron chi connectivity index (χ0n) is 9.07. The molecule has 0 aliphatic carbocycles. The van der Waals surface area contributed by atoms with Crippen molar-refractivity contribution in [3.63, 3.8) is 0 Å². The van der Waals surface area contributed by atoms with E-state index in [0.717, 1.165) is 5.56 Å². The molecule has 0 aromatic heterocycles. The fraction of sp³-hybridized carbons (Fsp3) is 0.333. The van der Waals surface area contributed by atoms with E-state index in [2.05, 4.69) is 5.92 Å². The van der Waals surface area contributed by atoms with Gasteiger partial charge < -0.3 is 0 Å². The quantitative estimate of drug-likeness (QED) is 0.421. The van der Waals surface area contributed by atoms with Crippen LogP contribution in [0, 0.1) is 29.4 Å². The molecule has 0 N–H and O–H groups in total. The van der Waals surface area contributed by atoms with Gasteiger partial charge in [0.25, 0.3) is 5.69 Å². The van der Waals surface area contributed by atoms with Crippen molar-refractivity contribution >= 4 is 5.69 Å². The lowest BCUT2D eigenvalue weighted by atomic mass is 9.84. The maximum atomic E-state index is 10.8. The molecule has 3 heteroatoms. The second kappa shape index (κ2) is 3.74. The van der Waals surface area contributed by atoms with Gasteiger partial charge in [-0.1, -0.05) is 17.6 Å². The van der Waals surface area contributed by atoms with E-state index >= 15 is 0 Å². The van der Waals surface area contributed by atoms with Gasteiger partial charge >= 0.3 is 0 Å². The number of benzene rings is 1. The Kier molecular flexibility index (Phi) is 2.81. The summed E-state index contributed by atoms with van der Waals surface area (Å²) in [6.45, 7) is 5.49. The van der Waals surface area contributed by atoms with Crippen molar-refractivity contribution in [2.45, 2.75) is 26.2 Å². The molecule has 1 rings (SSSR count). The molecule has 78 valence electrons. The Morgan fingerprint density at radius 1 is 1.47 bits per heavy atom. The Bertz CT molecular complexity index is 441. The van der Waals surface area contributed by atoms with Gasteiger partial charge in [-0.2, -0.15) is 0 Å². The first-order chi connectivity index (χ1) is 6.88. The van der Waals surface area contributed by atoms with Crippen molar-refractivity contribution in [3.8, 4) is 12.3 Å². The van der Waals surface area contributed by atoms with Gasteiger partial charge in [0.15, 0.2) is 0 Å². The third-order valence-electron chi connectivity index (χ3n) is 2.38. The number of nitrogens with zero attached hydrogens (tertiary/aromatic N) is 1. The van der Waals surface area contributed by atoms with E-state index < -0.39 is 10.3 Å². The van der Waals surface area contributed by atoms with Gasteiger partial charge in [0, 0.05) is 11.6 Å². The van der Waals surface area contributed by atoms with E-state index in [1.54, 1.807) is 26.0 Å². The molecular formula is C12H13NO2. The highest BCUT2D eigenvalue weighted by atomic mass is 16.6. The van der Waals surface area contributed by atoms with Gasteiger partial charge in [-0.25, -0.2) is 0 Å². The molecule has 1 aromatic carbocycles. The lowest BCUT2D eigenvalue weighted by Crippen LogP contribution is -2.16. The monoisotopic (exact) mass is 203 g/mol. The SMILES string of the molecule is C#CC(C)(C)c1cc(C)ccc1[N+](=O)[O-]. The molecule has 0 saturated carbocycles. The van der Waals surface area contributed by atoms with Crippen LogP contribution in [0.5, 0.6) is 0 Å². The number of nitro benzene ring substituents is 1. The summed E-state index contributed by atoms with van der Waals surface area (Å²) in [5.74, 6) is 2.58. The van der Waals surface area contributed by atoms with E-state index in [1.165, 1.54) is 6.07 Å². The predicted molar refractivity (Wildman–Crippen MR) is 59.7 cm³/mol. The lowest BCUT2D eigenvalue weighted by Gasteiger charge is -2.18. The van der Waals surface area contributed by atoms with E-state index in [9.17, 15) is 10.1 Å². The fourth-order valence-electron chi connectivity index (χ4n) is 1.39. The maximum Gasteiger partial charge on any atom is 0.274 e. The van der Waals surface area contributed by atoms with E-state index in [1.807, 2.05) is 6.92 Å². The molecule has 0 radical (unpaired) electrons. The Hall–Kier alpha value is -1.82. The molecule has 0 saturated heterocycles. The van der Waals surface area contributed by atoms with Crippen molar-refractivity contribution in [3.05, 3.63) is 39.4 Å². The van der Waals surface area contributed by atoms with Crippen LogP contribution in [0.25, 0.3) is 0 Å². The van der Waals surface area contributed by atoms with Crippen LogP contribution in [0.3, 0.4) is 0 Å². The smallest absolute Gasteiger partial charge is 0.258 e. The zero-order valence-corrected chi connectivity index (χ0v) is 9.07. The summed E-state index contributed by atoms with van der Waals surface area (Å²) < 4.78 is 0. The van der Waals surface area contributed by atoms with Crippen LogP contribution >= 0.6 is 0 Å². The minimum absolute atomic E-state index is 0.0866. The molecule has 15 heavy (non-hydrogen) atoms. The maximum absolute atomic E-state index is 10.8. The average Bonchev–Trinajstić information content (AvgIpc) is 2.17. The molecule has 0 heterocycles. The van der Waals surface area contributed by atoms with Gasteiger partial charge in [-0.15, -0.1) is 6.42 Å². The van der Waals surface area contributed by atoms with Crippen LogP contribution in [0.15, 0.2) is 18.2 Å². The molecule has 0 unspecified atom stereocenters. The van der Waals surface area contributed by atoms with Crippen LogP contribution in [-0.4, -0.2) is 4.92 Å². The van der Waals surface area contributed by atoms with E-state index in [0.29, 0.717) is 5.56 Å². The third-order valence-corrected chi connectivity index (χ3v) is 2.38. The molecule has 0 fully saturated rings. The Labute approximate surface area is 89.3 Å². The molecule has 1 aromatic rings. The van der Waals surface area contributed by atoms with Crippen molar-refractivity contribution in [2.24, 2.45) is 0 Å². The highest BCUT2D eigenvalue weighted by molar-refractivity contribution is 5.49. The third kappa shape index (κ3) is 2.16. The van der Waals surface area contributed by atoms with Gasteiger partial charge in [0.05, 0.1) is 10.3 Å². The summed E-state index contributed by atoms with van der Waals surface area (Å²) in [5.41, 5.74) is 1.03.